The maximum atomic E-state index is 4.67. The fraction of sp³-hybridized carbons (Fsp3) is 0.357. The number of aryl methyl sites for hydroxylation is 1. The van der Waals surface area contributed by atoms with Crippen LogP contribution in [0.15, 0.2) is 30.6 Å². The lowest BCUT2D eigenvalue weighted by atomic mass is 10.2. The first-order valence-corrected chi connectivity index (χ1v) is 7.57. The zero-order valence-corrected chi connectivity index (χ0v) is 12.2. The molecule has 0 radical (unpaired) electrons. The molecule has 2 aromatic heterocycles. The van der Waals surface area contributed by atoms with Crippen molar-refractivity contribution >= 4 is 21.6 Å². The predicted octanol–water partition coefficient (Wildman–Crippen LogP) is 2.70. The third-order valence-electron chi connectivity index (χ3n) is 3.19. The molecule has 2 N–H and O–H groups in total. The molecule has 0 saturated carbocycles. The Morgan fingerprint density at radius 1 is 1.35 bits per heavy atom. The van der Waals surface area contributed by atoms with Gasteiger partial charge in [-0.05, 0) is 32.0 Å². The predicted molar refractivity (Wildman–Crippen MR) is 80.7 cm³/mol. The molecule has 2 heterocycles. The van der Waals surface area contributed by atoms with E-state index in [1.165, 1.54) is 4.70 Å². The van der Waals surface area contributed by atoms with E-state index in [2.05, 4.69) is 50.6 Å². The van der Waals surface area contributed by atoms with Gasteiger partial charge in [-0.1, -0.05) is 12.1 Å². The average molecular weight is 287 g/mol. The first-order valence-electron chi connectivity index (χ1n) is 6.76. The third-order valence-corrected chi connectivity index (χ3v) is 4.41. The van der Waals surface area contributed by atoms with E-state index in [0.29, 0.717) is 0 Å². The largest absolute Gasteiger partial charge is 0.308 e. The Bertz CT molecular complexity index is 628. The molecule has 1 aromatic carbocycles. The lowest BCUT2D eigenvalue weighted by Gasteiger charge is -2.10. The van der Waals surface area contributed by atoms with Crippen molar-refractivity contribution in [2.75, 3.05) is 6.54 Å². The SMILES string of the molecule is CC(NCCCc1ncn[nH]1)c1nc2ccccc2s1. The number of H-pyrrole nitrogens is 1. The summed E-state index contributed by atoms with van der Waals surface area (Å²) in [4.78, 5) is 8.78. The summed E-state index contributed by atoms with van der Waals surface area (Å²) in [5, 5.41) is 11.4. The number of nitrogens with zero attached hydrogens (tertiary/aromatic N) is 3. The number of hydrogen-bond acceptors (Lipinski definition) is 5. The van der Waals surface area contributed by atoms with Gasteiger partial charge in [0, 0.05) is 6.42 Å². The molecule has 0 aliphatic rings. The van der Waals surface area contributed by atoms with E-state index in [1.807, 2.05) is 6.07 Å². The Hall–Kier alpha value is -1.79. The van der Waals surface area contributed by atoms with Gasteiger partial charge >= 0.3 is 0 Å². The van der Waals surface area contributed by atoms with Gasteiger partial charge in [0.1, 0.15) is 17.2 Å². The van der Waals surface area contributed by atoms with Gasteiger partial charge in [-0.3, -0.25) is 5.10 Å². The third kappa shape index (κ3) is 3.02. The first kappa shape index (κ1) is 13.2. The molecule has 0 spiro atoms. The summed E-state index contributed by atoms with van der Waals surface area (Å²) in [6.07, 6.45) is 3.50. The molecule has 104 valence electrons. The molecule has 0 fully saturated rings. The molecule has 5 nitrogen and oxygen atoms in total. The minimum absolute atomic E-state index is 0.280. The van der Waals surface area contributed by atoms with E-state index in [-0.39, 0.29) is 6.04 Å². The van der Waals surface area contributed by atoms with Crippen LogP contribution in [0.2, 0.25) is 0 Å². The summed E-state index contributed by atoms with van der Waals surface area (Å²) < 4.78 is 1.25. The second-order valence-corrected chi connectivity index (χ2v) is 5.79. The van der Waals surface area contributed by atoms with Crippen molar-refractivity contribution in [2.24, 2.45) is 0 Å². The minimum Gasteiger partial charge on any atom is -0.308 e. The number of fused-ring (bicyclic) bond motifs is 1. The number of nitrogens with one attached hydrogen (secondary N) is 2. The summed E-state index contributed by atoms with van der Waals surface area (Å²) in [6, 6.07) is 8.54. The number of rotatable bonds is 6. The van der Waals surface area contributed by atoms with Crippen molar-refractivity contribution in [1.82, 2.24) is 25.5 Å². The van der Waals surface area contributed by atoms with Gasteiger partial charge in [0.25, 0.3) is 0 Å². The Morgan fingerprint density at radius 3 is 3.05 bits per heavy atom. The van der Waals surface area contributed by atoms with Gasteiger partial charge < -0.3 is 5.32 Å². The van der Waals surface area contributed by atoms with Gasteiger partial charge in [0.05, 0.1) is 16.3 Å². The molecule has 0 saturated heterocycles. The van der Waals surface area contributed by atoms with Gasteiger partial charge in [0.2, 0.25) is 0 Å². The van der Waals surface area contributed by atoms with Crippen molar-refractivity contribution < 1.29 is 0 Å². The van der Waals surface area contributed by atoms with Crippen molar-refractivity contribution in [1.29, 1.82) is 0 Å². The maximum Gasteiger partial charge on any atom is 0.137 e. The molecule has 6 heteroatoms. The lowest BCUT2D eigenvalue weighted by molar-refractivity contribution is 0.553. The molecule has 3 aromatic rings. The number of thiazole rings is 1. The van der Waals surface area contributed by atoms with Crippen molar-refractivity contribution in [3.8, 4) is 0 Å². The van der Waals surface area contributed by atoms with Gasteiger partial charge in [-0.25, -0.2) is 9.97 Å². The molecule has 1 atom stereocenters. The molecular formula is C14H17N5S. The van der Waals surface area contributed by atoms with E-state index in [9.17, 15) is 0 Å². The number of aromatic nitrogens is 4. The Morgan fingerprint density at radius 2 is 2.25 bits per heavy atom. The van der Waals surface area contributed by atoms with Crippen LogP contribution in [0.25, 0.3) is 10.2 Å². The monoisotopic (exact) mass is 287 g/mol. The molecule has 3 rings (SSSR count). The molecule has 0 aliphatic heterocycles. The van der Waals surface area contributed by atoms with Crippen LogP contribution in [0.4, 0.5) is 0 Å². The van der Waals surface area contributed by atoms with Crippen LogP contribution in [-0.4, -0.2) is 26.7 Å². The standard InChI is InChI=1S/C14H17N5S/c1-10(15-8-4-7-13-16-9-17-19-13)14-18-11-5-2-3-6-12(11)20-14/h2-3,5-6,9-10,15H,4,7-8H2,1H3,(H,16,17,19). The highest BCUT2D eigenvalue weighted by Crippen LogP contribution is 2.25. The van der Waals surface area contributed by atoms with Crippen LogP contribution in [0.5, 0.6) is 0 Å². The lowest BCUT2D eigenvalue weighted by Crippen LogP contribution is -2.20. The smallest absolute Gasteiger partial charge is 0.137 e. The summed E-state index contributed by atoms with van der Waals surface area (Å²) in [5.41, 5.74) is 1.09. The van der Waals surface area contributed by atoms with Crippen LogP contribution >= 0.6 is 11.3 Å². The maximum absolute atomic E-state index is 4.67. The van der Waals surface area contributed by atoms with Crippen LogP contribution in [0.1, 0.15) is 30.2 Å². The van der Waals surface area contributed by atoms with Crippen LogP contribution in [0.3, 0.4) is 0 Å². The molecule has 0 bridgehead atoms. The van der Waals surface area contributed by atoms with Crippen LogP contribution in [0, 0.1) is 0 Å². The Kier molecular flexibility index (Phi) is 4.03. The summed E-state index contributed by atoms with van der Waals surface area (Å²) in [5.74, 6) is 0.944. The zero-order chi connectivity index (χ0) is 13.8. The highest BCUT2D eigenvalue weighted by atomic mass is 32.1. The second-order valence-electron chi connectivity index (χ2n) is 4.73. The fourth-order valence-corrected chi connectivity index (χ4v) is 3.08. The normalized spacial score (nSPS) is 12.8. The van der Waals surface area contributed by atoms with Gasteiger partial charge in [-0.15, -0.1) is 11.3 Å². The summed E-state index contributed by atoms with van der Waals surface area (Å²) >= 11 is 1.76. The highest BCUT2D eigenvalue weighted by molar-refractivity contribution is 7.18. The van der Waals surface area contributed by atoms with E-state index < -0.39 is 0 Å². The average Bonchev–Trinajstić information content (AvgIpc) is 3.12. The first-order chi connectivity index (χ1) is 9.83. The number of aromatic amines is 1. The van der Waals surface area contributed by atoms with Crippen LogP contribution < -0.4 is 5.32 Å². The number of para-hydroxylation sites is 1. The number of hydrogen-bond donors (Lipinski definition) is 2. The van der Waals surface area contributed by atoms with Crippen LogP contribution in [-0.2, 0) is 6.42 Å². The zero-order valence-electron chi connectivity index (χ0n) is 11.3. The fourth-order valence-electron chi connectivity index (χ4n) is 2.09. The summed E-state index contributed by atoms with van der Waals surface area (Å²) in [6.45, 7) is 3.10. The van der Waals surface area contributed by atoms with E-state index in [0.717, 1.165) is 35.7 Å². The van der Waals surface area contributed by atoms with Gasteiger partial charge in [-0.2, -0.15) is 5.10 Å². The summed E-state index contributed by atoms with van der Waals surface area (Å²) in [7, 11) is 0. The van der Waals surface area contributed by atoms with Crippen molar-refractivity contribution in [3.05, 3.63) is 41.4 Å². The second kappa shape index (κ2) is 6.11. The molecule has 0 aliphatic carbocycles. The Labute approximate surface area is 121 Å². The Balaban J connectivity index is 1.52. The molecule has 1 unspecified atom stereocenters. The quantitative estimate of drug-likeness (QED) is 0.684. The van der Waals surface area contributed by atoms with E-state index in [4.69, 9.17) is 0 Å². The highest BCUT2D eigenvalue weighted by Gasteiger charge is 2.10. The van der Waals surface area contributed by atoms with Crippen molar-refractivity contribution in [3.63, 3.8) is 0 Å². The van der Waals surface area contributed by atoms with Crippen molar-refractivity contribution in [2.45, 2.75) is 25.8 Å². The number of benzene rings is 1. The molecule has 20 heavy (non-hydrogen) atoms. The molecular weight excluding hydrogens is 270 g/mol. The molecule has 0 amide bonds. The topological polar surface area (TPSA) is 66.5 Å². The van der Waals surface area contributed by atoms with E-state index in [1.54, 1.807) is 17.7 Å². The van der Waals surface area contributed by atoms with E-state index >= 15 is 0 Å². The minimum atomic E-state index is 0.280. The van der Waals surface area contributed by atoms with Gasteiger partial charge in [0.15, 0.2) is 0 Å².